The molecule has 4 nitrogen and oxygen atoms in total. The Bertz CT molecular complexity index is 1060. The first kappa shape index (κ1) is 18.8. The molecule has 0 fully saturated rings. The van der Waals surface area contributed by atoms with E-state index in [2.05, 4.69) is 5.32 Å². The van der Waals surface area contributed by atoms with Crippen molar-refractivity contribution in [3.63, 3.8) is 0 Å². The Kier molecular flexibility index (Phi) is 5.66. The van der Waals surface area contributed by atoms with Gasteiger partial charge in [0.2, 0.25) is 0 Å². The molecule has 0 unspecified atom stereocenters. The second-order valence-electron chi connectivity index (χ2n) is 5.80. The Labute approximate surface area is 166 Å². The van der Waals surface area contributed by atoms with Crippen LogP contribution in [0.25, 0.3) is 17.4 Å². The van der Waals surface area contributed by atoms with E-state index in [4.69, 9.17) is 27.6 Å². The van der Waals surface area contributed by atoms with Gasteiger partial charge in [-0.15, -0.1) is 0 Å². The van der Waals surface area contributed by atoms with Crippen molar-refractivity contribution in [2.75, 3.05) is 5.32 Å². The molecule has 2 aromatic carbocycles. The number of carbonyl (C=O) groups is 1. The van der Waals surface area contributed by atoms with E-state index in [1.165, 1.54) is 6.08 Å². The molecule has 0 atom stereocenters. The summed E-state index contributed by atoms with van der Waals surface area (Å²) in [4.78, 5) is 12.4. The molecule has 0 aliphatic carbocycles. The van der Waals surface area contributed by atoms with E-state index in [1.54, 1.807) is 36.4 Å². The van der Waals surface area contributed by atoms with Crippen LogP contribution >= 0.6 is 23.2 Å². The number of para-hydroxylation sites is 1. The van der Waals surface area contributed by atoms with Crippen LogP contribution in [0, 0.1) is 18.3 Å². The smallest absolute Gasteiger partial charge is 0.266 e. The van der Waals surface area contributed by atoms with E-state index >= 15 is 0 Å². The number of carbonyl (C=O) groups excluding carboxylic acids is 1. The fraction of sp³-hybridized carbons (Fsp3) is 0.0476. The maximum absolute atomic E-state index is 12.4. The molecule has 1 heterocycles. The molecule has 1 amide bonds. The predicted octanol–water partition coefficient (Wildman–Crippen LogP) is 6.11. The number of nitrogens with zero attached hydrogens (tertiary/aromatic N) is 1. The van der Waals surface area contributed by atoms with E-state index in [-0.39, 0.29) is 5.57 Å². The highest BCUT2D eigenvalue weighted by atomic mass is 35.5. The van der Waals surface area contributed by atoms with Crippen LogP contribution in [0.4, 0.5) is 5.69 Å². The third-order valence-electron chi connectivity index (χ3n) is 3.82. The van der Waals surface area contributed by atoms with Gasteiger partial charge in [-0.25, -0.2) is 0 Å². The summed E-state index contributed by atoms with van der Waals surface area (Å²) in [7, 11) is 0. The average Bonchev–Trinajstić information content (AvgIpc) is 3.09. The minimum Gasteiger partial charge on any atom is -0.457 e. The molecule has 0 bridgehead atoms. The SMILES string of the molecule is Cc1ccccc1NC(=O)C(C#N)=Cc1ccc(-c2cc(Cl)cc(Cl)c2)o1. The van der Waals surface area contributed by atoms with Crippen LogP contribution in [-0.2, 0) is 4.79 Å². The van der Waals surface area contributed by atoms with E-state index in [9.17, 15) is 10.1 Å². The van der Waals surface area contributed by atoms with Gasteiger partial charge in [0.05, 0.1) is 0 Å². The van der Waals surface area contributed by atoms with Crippen molar-refractivity contribution < 1.29 is 9.21 Å². The second-order valence-corrected chi connectivity index (χ2v) is 6.67. The molecule has 0 spiro atoms. The summed E-state index contributed by atoms with van der Waals surface area (Å²) in [5.41, 5.74) is 2.19. The molecule has 0 aliphatic heterocycles. The lowest BCUT2D eigenvalue weighted by Crippen LogP contribution is -2.14. The van der Waals surface area contributed by atoms with E-state index < -0.39 is 5.91 Å². The van der Waals surface area contributed by atoms with Crippen LogP contribution in [0.15, 0.2) is 64.6 Å². The topological polar surface area (TPSA) is 66.0 Å². The number of hydrogen-bond acceptors (Lipinski definition) is 3. The fourth-order valence-corrected chi connectivity index (χ4v) is 3.00. The van der Waals surface area contributed by atoms with Gasteiger partial charge in [0.25, 0.3) is 5.91 Å². The first-order valence-corrected chi connectivity index (χ1v) is 8.77. The van der Waals surface area contributed by atoms with Crippen molar-refractivity contribution in [3.8, 4) is 17.4 Å². The molecule has 6 heteroatoms. The van der Waals surface area contributed by atoms with Crippen molar-refractivity contribution in [2.24, 2.45) is 0 Å². The summed E-state index contributed by atoms with van der Waals surface area (Å²) < 4.78 is 5.71. The molecule has 3 rings (SSSR count). The number of aryl methyl sites for hydroxylation is 1. The number of nitrogens with one attached hydrogen (secondary N) is 1. The zero-order chi connectivity index (χ0) is 19.4. The lowest BCUT2D eigenvalue weighted by molar-refractivity contribution is -0.112. The molecule has 134 valence electrons. The Balaban J connectivity index is 1.84. The Morgan fingerprint density at radius 1 is 1.11 bits per heavy atom. The molecule has 1 aromatic heterocycles. The summed E-state index contributed by atoms with van der Waals surface area (Å²) in [6.45, 7) is 1.88. The molecule has 0 aliphatic rings. The van der Waals surface area contributed by atoms with Gasteiger partial charge in [-0.2, -0.15) is 5.26 Å². The second kappa shape index (κ2) is 8.13. The van der Waals surface area contributed by atoms with Crippen molar-refractivity contribution in [1.82, 2.24) is 0 Å². The van der Waals surface area contributed by atoms with Crippen LogP contribution in [-0.4, -0.2) is 5.91 Å². The van der Waals surface area contributed by atoms with Crippen LogP contribution in [0.1, 0.15) is 11.3 Å². The Morgan fingerprint density at radius 2 is 1.81 bits per heavy atom. The number of nitriles is 1. The van der Waals surface area contributed by atoms with Gasteiger partial charge in [0.1, 0.15) is 23.2 Å². The van der Waals surface area contributed by atoms with E-state index in [1.807, 2.05) is 31.2 Å². The van der Waals surface area contributed by atoms with Gasteiger partial charge in [-0.05, 0) is 48.9 Å². The van der Waals surface area contributed by atoms with Crippen molar-refractivity contribution in [1.29, 1.82) is 5.26 Å². The summed E-state index contributed by atoms with van der Waals surface area (Å²) in [5.74, 6) is 0.399. The highest BCUT2D eigenvalue weighted by molar-refractivity contribution is 6.35. The number of halogens is 2. The quantitative estimate of drug-likeness (QED) is 0.427. The summed E-state index contributed by atoms with van der Waals surface area (Å²) in [6.07, 6.45) is 1.39. The van der Waals surface area contributed by atoms with Gasteiger partial charge in [0.15, 0.2) is 0 Å². The number of hydrogen-bond donors (Lipinski definition) is 1. The van der Waals surface area contributed by atoms with E-state index in [0.29, 0.717) is 32.8 Å². The lowest BCUT2D eigenvalue weighted by atomic mass is 10.1. The third-order valence-corrected chi connectivity index (χ3v) is 4.26. The molecular formula is C21H14Cl2N2O2. The monoisotopic (exact) mass is 396 g/mol. The van der Waals surface area contributed by atoms with Gasteiger partial charge in [0, 0.05) is 27.4 Å². The number of furan rings is 1. The fourth-order valence-electron chi connectivity index (χ4n) is 2.48. The lowest BCUT2D eigenvalue weighted by Gasteiger charge is -2.06. The molecule has 0 saturated carbocycles. The van der Waals surface area contributed by atoms with Crippen molar-refractivity contribution in [2.45, 2.75) is 6.92 Å². The minimum absolute atomic E-state index is 0.0664. The largest absolute Gasteiger partial charge is 0.457 e. The van der Waals surface area contributed by atoms with Gasteiger partial charge < -0.3 is 9.73 Å². The number of benzene rings is 2. The predicted molar refractivity (Wildman–Crippen MR) is 108 cm³/mol. The Hall–Kier alpha value is -3.00. The van der Waals surface area contributed by atoms with Gasteiger partial charge in [-0.1, -0.05) is 41.4 Å². The molecule has 3 aromatic rings. The molecule has 1 N–H and O–H groups in total. The number of amides is 1. The maximum Gasteiger partial charge on any atom is 0.266 e. The summed E-state index contributed by atoms with van der Waals surface area (Å²) >= 11 is 12.0. The standard InChI is InChI=1S/C21H14Cl2N2O2/c1-13-4-2-3-5-19(13)25-21(26)15(12-24)10-18-6-7-20(27-18)14-8-16(22)11-17(23)9-14/h2-11H,1H3,(H,25,26). The first-order valence-electron chi connectivity index (χ1n) is 8.01. The number of anilines is 1. The Morgan fingerprint density at radius 3 is 2.48 bits per heavy atom. The maximum atomic E-state index is 12.4. The average molecular weight is 397 g/mol. The highest BCUT2D eigenvalue weighted by Gasteiger charge is 2.13. The number of rotatable bonds is 4. The van der Waals surface area contributed by atoms with E-state index in [0.717, 1.165) is 5.56 Å². The summed E-state index contributed by atoms with van der Waals surface area (Å²) in [6, 6.07) is 17.7. The third kappa shape index (κ3) is 4.59. The van der Waals surface area contributed by atoms with Crippen LogP contribution in [0.5, 0.6) is 0 Å². The van der Waals surface area contributed by atoms with Gasteiger partial charge in [-0.3, -0.25) is 4.79 Å². The van der Waals surface area contributed by atoms with Crippen molar-refractivity contribution >= 4 is 40.9 Å². The van der Waals surface area contributed by atoms with Crippen LogP contribution < -0.4 is 5.32 Å². The molecular weight excluding hydrogens is 383 g/mol. The first-order chi connectivity index (χ1) is 13.0. The van der Waals surface area contributed by atoms with Crippen molar-refractivity contribution in [3.05, 3.63) is 81.5 Å². The normalized spacial score (nSPS) is 11.1. The zero-order valence-corrected chi connectivity index (χ0v) is 15.8. The van der Waals surface area contributed by atoms with Crippen LogP contribution in [0.3, 0.4) is 0 Å². The molecule has 27 heavy (non-hydrogen) atoms. The highest BCUT2D eigenvalue weighted by Crippen LogP contribution is 2.29. The summed E-state index contributed by atoms with van der Waals surface area (Å²) in [5, 5.41) is 13.0. The van der Waals surface area contributed by atoms with Crippen LogP contribution in [0.2, 0.25) is 10.0 Å². The minimum atomic E-state index is -0.504. The molecule has 0 radical (unpaired) electrons. The zero-order valence-electron chi connectivity index (χ0n) is 14.3. The molecule has 0 saturated heterocycles. The van der Waals surface area contributed by atoms with Gasteiger partial charge >= 0.3 is 0 Å².